The molecule has 1 aromatic carbocycles. The number of carbonyl (C=O) groups is 3. The van der Waals surface area contributed by atoms with Crippen molar-refractivity contribution >= 4 is 27.9 Å². The Kier molecular flexibility index (Phi) is 6.04. The van der Waals surface area contributed by atoms with Crippen LogP contribution in [-0.4, -0.2) is 67.7 Å². The number of amides is 4. The van der Waals surface area contributed by atoms with E-state index >= 15 is 0 Å². The maximum absolute atomic E-state index is 13.2. The summed E-state index contributed by atoms with van der Waals surface area (Å²) in [5.74, 6) is -0.858. The van der Waals surface area contributed by atoms with Crippen LogP contribution in [0.3, 0.4) is 0 Å². The van der Waals surface area contributed by atoms with Crippen LogP contribution in [-0.2, 0) is 25.8 Å². The van der Waals surface area contributed by atoms with Crippen LogP contribution in [0.15, 0.2) is 29.2 Å². The second kappa shape index (κ2) is 8.22. The Morgan fingerprint density at radius 2 is 1.73 bits per heavy atom. The number of hydrogen-bond donors (Lipinski definition) is 2. The maximum Gasteiger partial charge on any atom is 0.417 e. The van der Waals surface area contributed by atoms with Gasteiger partial charge in [0.15, 0.2) is 0 Å². The van der Waals surface area contributed by atoms with Crippen molar-refractivity contribution in [2.45, 2.75) is 30.0 Å². The molecule has 1 atom stereocenters. The van der Waals surface area contributed by atoms with E-state index in [1.807, 2.05) is 0 Å². The van der Waals surface area contributed by atoms with Crippen molar-refractivity contribution in [2.75, 3.05) is 26.2 Å². The van der Waals surface area contributed by atoms with Crippen LogP contribution in [0.4, 0.5) is 18.0 Å². The lowest BCUT2D eigenvalue weighted by Gasteiger charge is -2.34. The fourth-order valence-corrected chi connectivity index (χ4v) is 4.97. The summed E-state index contributed by atoms with van der Waals surface area (Å²) in [6, 6.07) is 2.53. The van der Waals surface area contributed by atoms with Gasteiger partial charge in [0.2, 0.25) is 15.9 Å². The van der Waals surface area contributed by atoms with Gasteiger partial charge in [0.05, 0.1) is 10.5 Å². The minimum atomic E-state index is -4.82. The highest BCUT2D eigenvalue weighted by Crippen LogP contribution is 2.35. The maximum atomic E-state index is 13.2. The first-order valence-corrected chi connectivity index (χ1v) is 10.5. The number of alkyl halides is 3. The van der Waals surface area contributed by atoms with Gasteiger partial charge < -0.3 is 10.2 Å². The largest absolute Gasteiger partial charge is 0.417 e. The van der Waals surface area contributed by atoms with Crippen molar-refractivity contribution in [1.29, 1.82) is 0 Å². The van der Waals surface area contributed by atoms with E-state index in [9.17, 15) is 36.0 Å². The van der Waals surface area contributed by atoms with E-state index in [0.717, 1.165) is 16.4 Å². The number of nitrogens with one attached hydrogen (secondary N) is 2. The Labute approximate surface area is 170 Å². The van der Waals surface area contributed by atoms with E-state index in [0.29, 0.717) is 6.07 Å². The van der Waals surface area contributed by atoms with E-state index in [1.54, 1.807) is 0 Å². The normalized spacial score (nSPS) is 20.8. The molecule has 0 radical (unpaired) electrons. The standard InChI is InChI=1S/C17H19F3N4O5S/c18-17(19,20)11-3-1-2-4-13(11)30(28,29)24-9-7-23(8-10-24)14(25)6-5-12-15(26)22-16(27)21-12/h1-4,12H,5-10H2,(H2,21,22,26,27)/t12-/m0/s1. The van der Waals surface area contributed by atoms with Crippen molar-refractivity contribution in [1.82, 2.24) is 19.8 Å². The minimum Gasteiger partial charge on any atom is -0.340 e. The summed E-state index contributed by atoms with van der Waals surface area (Å²) >= 11 is 0. The van der Waals surface area contributed by atoms with Gasteiger partial charge in [0.1, 0.15) is 6.04 Å². The van der Waals surface area contributed by atoms with Gasteiger partial charge >= 0.3 is 12.2 Å². The summed E-state index contributed by atoms with van der Waals surface area (Å²) in [6.45, 7) is -0.285. The van der Waals surface area contributed by atoms with Gasteiger partial charge in [-0.05, 0) is 18.6 Å². The predicted molar refractivity (Wildman–Crippen MR) is 96.5 cm³/mol. The lowest BCUT2D eigenvalue weighted by atomic mass is 10.1. The zero-order valence-electron chi connectivity index (χ0n) is 15.6. The molecule has 0 bridgehead atoms. The van der Waals surface area contributed by atoms with Crippen molar-refractivity contribution in [3.8, 4) is 0 Å². The molecule has 2 aliphatic heterocycles. The monoisotopic (exact) mass is 448 g/mol. The topological polar surface area (TPSA) is 116 Å². The van der Waals surface area contributed by atoms with Crippen molar-refractivity contribution < 1.29 is 36.0 Å². The Hall–Kier alpha value is -2.67. The molecule has 2 N–H and O–H groups in total. The number of halogens is 3. The molecule has 0 aromatic heterocycles. The number of sulfonamides is 1. The smallest absolute Gasteiger partial charge is 0.340 e. The number of imide groups is 1. The van der Waals surface area contributed by atoms with Crippen LogP contribution in [0, 0.1) is 0 Å². The SMILES string of the molecule is O=C1NC(=O)[C@H](CCC(=O)N2CCN(S(=O)(=O)c3ccccc3C(F)(F)F)CC2)N1. The molecule has 9 nitrogen and oxygen atoms in total. The molecule has 0 unspecified atom stereocenters. The third-order valence-electron chi connectivity index (χ3n) is 4.91. The molecule has 13 heteroatoms. The first-order chi connectivity index (χ1) is 14.0. The molecule has 4 amide bonds. The molecule has 0 saturated carbocycles. The summed E-state index contributed by atoms with van der Waals surface area (Å²) in [6.07, 6.45) is -4.76. The van der Waals surface area contributed by atoms with Crippen molar-refractivity contribution in [3.05, 3.63) is 29.8 Å². The molecule has 2 fully saturated rings. The fourth-order valence-electron chi connectivity index (χ4n) is 3.33. The average Bonchev–Trinajstić information content (AvgIpc) is 3.02. The fraction of sp³-hybridized carbons (Fsp3) is 0.471. The number of rotatable bonds is 5. The summed E-state index contributed by atoms with van der Waals surface area (Å²) < 4.78 is 66.0. The van der Waals surface area contributed by atoms with Crippen LogP contribution >= 0.6 is 0 Å². The number of hydrogen-bond acceptors (Lipinski definition) is 5. The first kappa shape index (κ1) is 22.0. The Bertz CT molecular complexity index is 958. The lowest BCUT2D eigenvalue weighted by molar-refractivity contribution is -0.140. The Morgan fingerprint density at radius 1 is 1.10 bits per heavy atom. The van der Waals surface area contributed by atoms with E-state index in [1.165, 1.54) is 11.0 Å². The Balaban J connectivity index is 1.61. The molecule has 3 rings (SSSR count). The molecular formula is C17H19F3N4O5S. The summed E-state index contributed by atoms with van der Waals surface area (Å²) in [5.41, 5.74) is -1.24. The highest BCUT2D eigenvalue weighted by molar-refractivity contribution is 7.89. The molecule has 1 aromatic rings. The number of benzene rings is 1. The first-order valence-electron chi connectivity index (χ1n) is 9.05. The second-order valence-corrected chi connectivity index (χ2v) is 8.74. The summed E-state index contributed by atoms with van der Waals surface area (Å²) in [4.78, 5) is 35.4. The quantitative estimate of drug-likeness (QED) is 0.638. The van der Waals surface area contributed by atoms with Crippen LogP contribution in [0.25, 0.3) is 0 Å². The molecule has 0 aliphatic carbocycles. The minimum absolute atomic E-state index is 0.00940. The van der Waals surface area contributed by atoms with Crippen molar-refractivity contribution in [3.63, 3.8) is 0 Å². The second-order valence-electron chi connectivity index (χ2n) is 6.83. The molecule has 0 spiro atoms. The Morgan fingerprint density at radius 3 is 2.30 bits per heavy atom. The third kappa shape index (κ3) is 4.56. The highest BCUT2D eigenvalue weighted by Gasteiger charge is 2.40. The van der Waals surface area contributed by atoms with Crippen LogP contribution in [0.1, 0.15) is 18.4 Å². The van der Waals surface area contributed by atoms with Gasteiger partial charge in [-0.2, -0.15) is 17.5 Å². The van der Waals surface area contributed by atoms with Gasteiger partial charge in [0.25, 0.3) is 5.91 Å². The molecule has 2 saturated heterocycles. The molecule has 164 valence electrons. The number of piperazine rings is 1. The van der Waals surface area contributed by atoms with Crippen molar-refractivity contribution in [2.24, 2.45) is 0 Å². The van der Waals surface area contributed by atoms with E-state index in [4.69, 9.17) is 0 Å². The van der Waals surface area contributed by atoms with E-state index in [2.05, 4.69) is 10.6 Å². The predicted octanol–water partition coefficient (Wildman–Crippen LogP) is 0.527. The number of urea groups is 1. The van der Waals surface area contributed by atoms with Gasteiger partial charge in [-0.1, -0.05) is 12.1 Å². The molecular weight excluding hydrogens is 429 g/mol. The summed E-state index contributed by atoms with van der Waals surface area (Å²) in [5, 5.41) is 4.43. The molecule has 2 aliphatic rings. The van der Waals surface area contributed by atoms with Crippen LogP contribution < -0.4 is 10.6 Å². The van der Waals surface area contributed by atoms with Gasteiger partial charge in [0, 0.05) is 32.6 Å². The van der Waals surface area contributed by atoms with Gasteiger partial charge in [-0.25, -0.2) is 13.2 Å². The molecule has 2 heterocycles. The number of carbonyl (C=O) groups excluding carboxylic acids is 3. The zero-order valence-corrected chi connectivity index (χ0v) is 16.4. The number of nitrogens with zero attached hydrogens (tertiary/aromatic N) is 2. The van der Waals surface area contributed by atoms with Crippen LogP contribution in [0.2, 0.25) is 0 Å². The van der Waals surface area contributed by atoms with Gasteiger partial charge in [-0.15, -0.1) is 0 Å². The summed E-state index contributed by atoms with van der Waals surface area (Å²) in [7, 11) is -4.39. The van der Waals surface area contributed by atoms with Gasteiger partial charge in [-0.3, -0.25) is 14.9 Å². The van der Waals surface area contributed by atoms with E-state index in [-0.39, 0.29) is 44.9 Å². The lowest BCUT2D eigenvalue weighted by Crippen LogP contribution is -2.50. The highest BCUT2D eigenvalue weighted by atomic mass is 32.2. The van der Waals surface area contributed by atoms with E-state index < -0.39 is 44.6 Å². The molecule has 30 heavy (non-hydrogen) atoms. The zero-order chi connectivity index (χ0) is 22.1. The average molecular weight is 448 g/mol. The van der Waals surface area contributed by atoms with Crippen LogP contribution in [0.5, 0.6) is 0 Å². The third-order valence-corrected chi connectivity index (χ3v) is 6.86.